The number of aliphatic hydroxyl groups excluding tert-OH is 4. The van der Waals surface area contributed by atoms with Gasteiger partial charge in [-0.25, -0.2) is 0 Å². The molecule has 0 radical (unpaired) electrons. The minimum Gasteiger partial charge on any atom is -0.457 e. The monoisotopic (exact) mass is 815 g/mol. The molecule has 9 nitrogen and oxygen atoms in total. The number of carbonyl (C=O) groups excluding carboxylic acids is 1. The van der Waals surface area contributed by atoms with Crippen LogP contribution in [0.2, 0.25) is 0 Å². The van der Waals surface area contributed by atoms with Crippen LogP contribution in [0.4, 0.5) is 0 Å². The molecular weight excluding hydrogens is 721 g/mol. The van der Waals surface area contributed by atoms with Gasteiger partial charge < -0.3 is 39.4 Å². The predicted octanol–water partition coefficient (Wildman–Crippen LogP) is 11.4. The molecule has 1 saturated heterocycles. The summed E-state index contributed by atoms with van der Waals surface area (Å²) < 4.78 is 22.9. The summed E-state index contributed by atoms with van der Waals surface area (Å²) in [5.74, 6) is -0.306. The minimum absolute atomic E-state index is 0.105. The van der Waals surface area contributed by atoms with Crippen LogP contribution in [-0.4, -0.2) is 89.6 Å². The van der Waals surface area contributed by atoms with Gasteiger partial charge in [0.05, 0.1) is 19.8 Å². The summed E-state index contributed by atoms with van der Waals surface area (Å²) in [6.45, 7) is 4.62. The molecule has 1 rings (SSSR count). The Kier molecular flexibility index (Phi) is 38.6. The van der Waals surface area contributed by atoms with Gasteiger partial charge in [0.15, 0.2) is 6.29 Å². The molecule has 0 aromatic rings. The lowest BCUT2D eigenvalue weighted by Gasteiger charge is -2.39. The Labute approximate surface area is 351 Å². The fourth-order valence-electron chi connectivity index (χ4n) is 7.91. The van der Waals surface area contributed by atoms with Gasteiger partial charge in [-0.05, 0) is 12.8 Å². The molecule has 340 valence electrons. The Hall–Kier alpha value is -0.810. The molecule has 57 heavy (non-hydrogen) atoms. The summed E-state index contributed by atoms with van der Waals surface area (Å²) in [6, 6.07) is 0. The molecule has 0 bridgehead atoms. The van der Waals surface area contributed by atoms with Gasteiger partial charge >= 0.3 is 5.97 Å². The van der Waals surface area contributed by atoms with Crippen LogP contribution in [0, 0.1) is 0 Å². The molecule has 0 amide bonds. The van der Waals surface area contributed by atoms with Gasteiger partial charge in [0.2, 0.25) is 0 Å². The maximum Gasteiger partial charge on any atom is 0.306 e. The molecule has 1 aliphatic rings. The van der Waals surface area contributed by atoms with Crippen LogP contribution in [0.15, 0.2) is 0 Å². The van der Waals surface area contributed by atoms with Gasteiger partial charge in [0.1, 0.15) is 30.5 Å². The van der Waals surface area contributed by atoms with Crippen LogP contribution < -0.4 is 0 Å². The third-order valence-electron chi connectivity index (χ3n) is 11.8. The van der Waals surface area contributed by atoms with E-state index in [4.69, 9.17) is 18.9 Å². The highest BCUT2D eigenvalue weighted by molar-refractivity contribution is 5.69. The smallest absolute Gasteiger partial charge is 0.306 e. The molecule has 0 saturated carbocycles. The SMILES string of the molecule is CCCCCCCCCCCCCCCCCCCCCCCC(=O)OC(COCCCCCCCCCCCCCCC)COC1OC(CO)C(O)C(O)C1O. The Morgan fingerprint density at radius 2 is 0.860 bits per heavy atom. The van der Waals surface area contributed by atoms with Crippen molar-refractivity contribution in [2.24, 2.45) is 0 Å². The standard InChI is InChI=1S/C48H94O9/c1-3-5-7-9-11-13-15-17-18-19-20-21-22-23-24-25-27-29-31-33-35-37-44(50)56-42(41-55-48-47(53)46(52)45(51)43(39-49)57-48)40-54-38-36-34-32-30-28-26-16-14-12-10-8-6-4-2/h42-43,45-49,51-53H,3-41H2,1-2H3. The zero-order valence-electron chi connectivity index (χ0n) is 37.4. The number of hydrogen-bond donors (Lipinski definition) is 4. The van der Waals surface area contributed by atoms with E-state index in [1.54, 1.807) is 0 Å². The molecule has 1 heterocycles. The lowest BCUT2D eigenvalue weighted by Crippen LogP contribution is -2.59. The predicted molar refractivity (Wildman–Crippen MR) is 233 cm³/mol. The summed E-state index contributed by atoms with van der Waals surface area (Å²) in [7, 11) is 0. The second-order valence-electron chi connectivity index (χ2n) is 17.3. The molecule has 6 atom stereocenters. The number of hydrogen-bond acceptors (Lipinski definition) is 9. The average Bonchev–Trinajstić information content (AvgIpc) is 3.21. The van der Waals surface area contributed by atoms with Gasteiger partial charge in [-0.2, -0.15) is 0 Å². The van der Waals surface area contributed by atoms with Gasteiger partial charge in [0, 0.05) is 13.0 Å². The fraction of sp³-hybridized carbons (Fsp3) is 0.979. The lowest BCUT2D eigenvalue weighted by molar-refractivity contribution is -0.305. The number of unbranched alkanes of at least 4 members (excludes halogenated alkanes) is 32. The molecule has 0 spiro atoms. The number of esters is 1. The van der Waals surface area contributed by atoms with E-state index in [0.717, 1.165) is 32.1 Å². The van der Waals surface area contributed by atoms with E-state index in [1.807, 2.05) is 0 Å². The largest absolute Gasteiger partial charge is 0.457 e. The van der Waals surface area contributed by atoms with Crippen molar-refractivity contribution in [2.45, 2.75) is 275 Å². The zero-order valence-corrected chi connectivity index (χ0v) is 37.4. The van der Waals surface area contributed by atoms with Gasteiger partial charge in [-0.15, -0.1) is 0 Å². The van der Waals surface area contributed by atoms with Crippen LogP contribution in [0.1, 0.15) is 239 Å². The number of carbonyl (C=O) groups is 1. The topological polar surface area (TPSA) is 135 Å². The molecule has 0 aromatic carbocycles. The maximum absolute atomic E-state index is 12.8. The highest BCUT2D eigenvalue weighted by Crippen LogP contribution is 2.23. The molecule has 9 heteroatoms. The maximum atomic E-state index is 12.8. The first-order chi connectivity index (χ1) is 27.9. The first-order valence-electron chi connectivity index (χ1n) is 24.6. The molecule has 1 fully saturated rings. The zero-order chi connectivity index (χ0) is 41.4. The van der Waals surface area contributed by atoms with Crippen molar-refractivity contribution in [2.75, 3.05) is 26.4 Å². The molecular formula is C48H94O9. The normalized spacial score (nSPS) is 20.3. The number of rotatable bonds is 43. The van der Waals surface area contributed by atoms with Crippen molar-refractivity contribution in [1.29, 1.82) is 0 Å². The Morgan fingerprint density at radius 3 is 1.25 bits per heavy atom. The van der Waals surface area contributed by atoms with E-state index >= 15 is 0 Å². The first kappa shape index (κ1) is 54.2. The summed E-state index contributed by atoms with van der Waals surface area (Å²) >= 11 is 0. The second kappa shape index (κ2) is 40.6. The first-order valence-corrected chi connectivity index (χ1v) is 24.6. The second-order valence-corrected chi connectivity index (χ2v) is 17.3. The molecule has 1 aliphatic heterocycles. The molecule has 0 aliphatic carbocycles. The fourth-order valence-corrected chi connectivity index (χ4v) is 7.91. The summed E-state index contributed by atoms with van der Waals surface area (Å²) in [5.41, 5.74) is 0. The third kappa shape index (κ3) is 31.7. The van der Waals surface area contributed by atoms with Crippen LogP contribution >= 0.6 is 0 Å². The number of aliphatic hydroxyl groups is 4. The van der Waals surface area contributed by atoms with Crippen LogP contribution in [0.5, 0.6) is 0 Å². The number of ether oxygens (including phenoxy) is 4. The van der Waals surface area contributed by atoms with Gasteiger partial charge in [-0.3, -0.25) is 4.79 Å². The van der Waals surface area contributed by atoms with Crippen molar-refractivity contribution in [1.82, 2.24) is 0 Å². The summed E-state index contributed by atoms with van der Waals surface area (Å²) in [5, 5.41) is 40.1. The van der Waals surface area contributed by atoms with E-state index in [1.165, 1.54) is 186 Å². The van der Waals surface area contributed by atoms with Crippen molar-refractivity contribution < 1.29 is 44.2 Å². The average molecular weight is 815 g/mol. The summed E-state index contributed by atoms with van der Waals surface area (Å²) in [4.78, 5) is 12.8. The molecule has 6 unspecified atom stereocenters. The Bertz CT molecular complexity index is 843. The van der Waals surface area contributed by atoms with Crippen molar-refractivity contribution in [3.8, 4) is 0 Å². The van der Waals surface area contributed by atoms with E-state index in [-0.39, 0.29) is 19.2 Å². The quantitative estimate of drug-likeness (QED) is 0.0350. The molecule has 4 N–H and O–H groups in total. The van der Waals surface area contributed by atoms with Gasteiger partial charge in [0.25, 0.3) is 0 Å². The van der Waals surface area contributed by atoms with Crippen LogP contribution in [0.25, 0.3) is 0 Å². The Morgan fingerprint density at radius 1 is 0.491 bits per heavy atom. The van der Waals surface area contributed by atoms with Crippen molar-refractivity contribution in [3.63, 3.8) is 0 Å². The van der Waals surface area contributed by atoms with Crippen molar-refractivity contribution in [3.05, 3.63) is 0 Å². The summed E-state index contributed by atoms with van der Waals surface area (Å²) in [6.07, 6.45) is 37.0. The minimum atomic E-state index is -1.53. The van der Waals surface area contributed by atoms with E-state index in [2.05, 4.69) is 13.8 Å². The Balaban J connectivity index is 2.18. The van der Waals surface area contributed by atoms with Crippen LogP contribution in [0.3, 0.4) is 0 Å². The lowest BCUT2D eigenvalue weighted by atomic mass is 9.99. The molecule has 0 aromatic heterocycles. The third-order valence-corrected chi connectivity index (χ3v) is 11.8. The highest BCUT2D eigenvalue weighted by atomic mass is 16.7. The van der Waals surface area contributed by atoms with Crippen LogP contribution in [-0.2, 0) is 23.7 Å². The van der Waals surface area contributed by atoms with E-state index in [9.17, 15) is 25.2 Å². The van der Waals surface area contributed by atoms with E-state index < -0.39 is 43.4 Å². The highest BCUT2D eigenvalue weighted by Gasteiger charge is 2.44. The van der Waals surface area contributed by atoms with E-state index in [0.29, 0.717) is 13.0 Å². The van der Waals surface area contributed by atoms with Crippen molar-refractivity contribution >= 4 is 5.97 Å². The van der Waals surface area contributed by atoms with Gasteiger partial charge in [-0.1, -0.05) is 219 Å².